The van der Waals surface area contributed by atoms with Crippen molar-refractivity contribution in [3.63, 3.8) is 0 Å². The summed E-state index contributed by atoms with van der Waals surface area (Å²) in [6, 6.07) is 39.3. The van der Waals surface area contributed by atoms with Crippen molar-refractivity contribution in [2.75, 3.05) is 13.7 Å². The molecule has 5 heteroatoms. The fourth-order valence-electron chi connectivity index (χ4n) is 4.91. The molecule has 1 aliphatic heterocycles. The average molecular weight is 560 g/mol. The van der Waals surface area contributed by atoms with Crippen molar-refractivity contribution in [3.8, 4) is 0 Å². The van der Waals surface area contributed by atoms with Crippen molar-refractivity contribution in [1.82, 2.24) is 0 Å². The number of methoxy groups -OCH3 is 1. The summed E-state index contributed by atoms with van der Waals surface area (Å²) < 4.78 is 26.2. The molecule has 1 aliphatic rings. The summed E-state index contributed by atoms with van der Waals surface area (Å²) in [6.07, 6.45) is -0.122. The molecule has 1 fully saturated rings. The maximum Gasteiger partial charge on any atom is 0.160 e. The molecule has 0 amide bonds. The van der Waals surface area contributed by atoms with Crippen molar-refractivity contribution in [3.05, 3.63) is 142 Å². The Balaban J connectivity index is 1.45. The molecule has 0 N–H and O–H groups in total. The van der Waals surface area contributed by atoms with Crippen LogP contribution in [-0.2, 0) is 31.2 Å². The molecule has 1 heterocycles. The first-order valence-corrected chi connectivity index (χ1v) is 13.3. The van der Waals surface area contributed by atoms with Gasteiger partial charge in [0.25, 0.3) is 0 Å². The van der Waals surface area contributed by atoms with Gasteiger partial charge in [0.05, 0.1) is 19.3 Å². The zero-order chi connectivity index (χ0) is 25.5. The maximum atomic E-state index is 7.00. The molecule has 0 aromatic heterocycles. The molecular weight excluding hydrogens is 528 g/mol. The summed E-state index contributed by atoms with van der Waals surface area (Å²) in [6.45, 7) is 0.832. The van der Waals surface area contributed by atoms with Crippen LogP contribution in [-0.4, -0.2) is 32.2 Å². The molecule has 190 valence electrons. The van der Waals surface area contributed by atoms with E-state index in [1.54, 1.807) is 7.11 Å². The Morgan fingerprint density at radius 3 is 1.76 bits per heavy atom. The number of ether oxygens (including phenoxy) is 4. The number of benzene rings is 4. The molecule has 4 nitrogen and oxygen atoms in total. The Bertz CT molecular complexity index is 1140. The largest absolute Gasteiger partial charge is 0.371 e. The lowest BCUT2D eigenvalue weighted by Crippen LogP contribution is -2.38. The van der Waals surface area contributed by atoms with Gasteiger partial charge in [0.2, 0.25) is 0 Å². The molecular formula is C32H31BrO4. The molecule has 5 rings (SSSR count). The summed E-state index contributed by atoms with van der Waals surface area (Å²) in [5.74, 6) is 0. The number of hydrogen-bond donors (Lipinski definition) is 0. The Kier molecular flexibility index (Phi) is 8.49. The lowest BCUT2D eigenvalue weighted by molar-refractivity contribution is -0.148. The van der Waals surface area contributed by atoms with Crippen LogP contribution in [0.15, 0.2) is 120 Å². The highest BCUT2D eigenvalue weighted by Crippen LogP contribution is 2.41. The SMILES string of the molecule is CO[C@H]1C[C@@H](OCc2ccc(Br)cc2)[C@H](COC(c2ccccc2)(c2ccccc2)c2ccccc2)O1. The minimum Gasteiger partial charge on any atom is -0.371 e. The van der Waals surface area contributed by atoms with Crippen molar-refractivity contribution in [2.24, 2.45) is 0 Å². The molecule has 1 saturated heterocycles. The Hall–Kier alpha value is -2.80. The third-order valence-electron chi connectivity index (χ3n) is 6.81. The number of hydrogen-bond acceptors (Lipinski definition) is 4. The van der Waals surface area contributed by atoms with Gasteiger partial charge < -0.3 is 18.9 Å². The van der Waals surface area contributed by atoms with Crippen LogP contribution in [0.5, 0.6) is 0 Å². The summed E-state index contributed by atoms with van der Waals surface area (Å²) >= 11 is 3.49. The minimum atomic E-state index is -0.811. The highest BCUT2D eigenvalue weighted by atomic mass is 79.9. The van der Waals surface area contributed by atoms with E-state index in [2.05, 4.69) is 101 Å². The fourth-order valence-corrected chi connectivity index (χ4v) is 5.18. The molecule has 0 unspecified atom stereocenters. The molecule has 4 aromatic rings. The van der Waals surface area contributed by atoms with E-state index < -0.39 is 5.60 Å². The van der Waals surface area contributed by atoms with Crippen LogP contribution in [0, 0.1) is 0 Å². The lowest BCUT2D eigenvalue weighted by atomic mass is 9.80. The predicted molar refractivity (Wildman–Crippen MR) is 148 cm³/mol. The first-order chi connectivity index (χ1) is 18.2. The third kappa shape index (κ3) is 5.87. The summed E-state index contributed by atoms with van der Waals surface area (Å²) in [5.41, 5.74) is 3.47. The smallest absolute Gasteiger partial charge is 0.160 e. The van der Waals surface area contributed by atoms with Gasteiger partial charge in [0.1, 0.15) is 11.7 Å². The van der Waals surface area contributed by atoms with E-state index in [-0.39, 0.29) is 18.5 Å². The Morgan fingerprint density at radius 1 is 0.757 bits per heavy atom. The maximum absolute atomic E-state index is 7.00. The van der Waals surface area contributed by atoms with Crippen molar-refractivity contribution < 1.29 is 18.9 Å². The molecule has 0 radical (unpaired) electrons. The van der Waals surface area contributed by atoms with E-state index in [0.717, 1.165) is 26.7 Å². The molecule has 4 aromatic carbocycles. The van der Waals surface area contributed by atoms with Crippen LogP contribution < -0.4 is 0 Å². The van der Waals surface area contributed by atoms with E-state index >= 15 is 0 Å². The Morgan fingerprint density at radius 2 is 1.27 bits per heavy atom. The van der Waals surface area contributed by atoms with Gasteiger partial charge >= 0.3 is 0 Å². The average Bonchev–Trinajstić information content (AvgIpc) is 3.37. The van der Waals surface area contributed by atoms with Crippen LogP contribution in [0.3, 0.4) is 0 Å². The van der Waals surface area contributed by atoms with Gasteiger partial charge in [-0.05, 0) is 34.4 Å². The molecule has 37 heavy (non-hydrogen) atoms. The van der Waals surface area contributed by atoms with Gasteiger partial charge in [-0.3, -0.25) is 0 Å². The van der Waals surface area contributed by atoms with Crippen LogP contribution in [0.25, 0.3) is 0 Å². The zero-order valence-electron chi connectivity index (χ0n) is 20.8. The van der Waals surface area contributed by atoms with E-state index in [4.69, 9.17) is 18.9 Å². The summed E-state index contributed by atoms with van der Waals surface area (Å²) in [7, 11) is 1.67. The topological polar surface area (TPSA) is 36.9 Å². The second-order valence-electron chi connectivity index (χ2n) is 9.14. The normalized spacial score (nSPS) is 19.7. The van der Waals surface area contributed by atoms with Crippen LogP contribution >= 0.6 is 15.9 Å². The molecule has 3 atom stereocenters. The minimum absolute atomic E-state index is 0.159. The second-order valence-corrected chi connectivity index (χ2v) is 10.1. The second kappa shape index (κ2) is 12.2. The van der Waals surface area contributed by atoms with E-state index in [9.17, 15) is 0 Å². The molecule has 0 aliphatic carbocycles. The summed E-state index contributed by atoms with van der Waals surface area (Å²) in [4.78, 5) is 0. The van der Waals surface area contributed by atoms with E-state index in [1.165, 1.54) is 0 Å². The standard InChI is InChI=1S/C32H31BrO4/c1-34-31-21-29(35-22-24-17-19-28(33)20-18-24)30(37-31)23-36-32(25-11-5-2-6-12-25,26-13-7-3-8-14-26)27-15-9-4-10-16-27/h2-20,29-31H,21-23H2,1H3/t29-,30+,31-/m1/s1. The quantitative estimate of drug-likeness (QED) is 0.194. The highest BCUT2D eigenvalue weighted by molar-refractivity contribution is 9.10. The fraction of sp³-hybridized carbons (Fsp3) is 0.250. The first-order valence-electron chi connectivity index (χ1n) is 12.5. The van der Waals surface area contributed by atoms with E-state index in [0.29, 0.717) is 19.6 Å². The predicted octanol–water partition coefficient (Wildman–Crippen LogP) is 7.10. The van der Waals surface area contributed by atoms with E-state index in [1.807, 2.05) is 30.3 Å². The zero-order valence-corrected chi connectivity index (χ0v) is 22.4. The first kappa shape index (κ1) is 25.8. The third-order valence-corrected chi connectivity index (χ3v) is 7.34. The monoisotopic (exact) mass is 558 g/mol. The molecule has 0 spiro atoms. The molecule has 0 saturated carbocycles. The van der Waals surface area contributed by atoms with Crippen molar-refractivity contribution in [2.45, 2.75) is 37.1 Å². The lowest BCUT2D eigenvalue weighted by Gasteiger charge is -2.37. The Labute approximate surface area is 227 Å². The highest BCUT2D eigenvalue weighted by Gasteiger charge is 2.42. The van der Waals surface area contributed by atoms with Crippen LogP contribution in [0.4, 0.5) is 0 Å². The van der Waals surface area contributed by atoms with Gasteiger partial charge in [0.15, 0.2) is 6.29 Å². The molecule has 0 bridgehead atoms. The number of rotatable bonds is 10. The van der Waals surface area contributed by atoms with Crippen LogP contribution in [0.1, 0.15) is 28.7 Å². The van der Waals surface area contributed by atoms with Gasteiger partial charge in [-0.15, -0.1) is 0 Å². The number of halogens is 1. The van der Waals surface area contributed by atoms with Gasteiger partial charge in [-0.2, -0.15) is 0 Å². The van der Waals surface area contributed by atoms with Crippen molar-refractivity contribution >= 4 is 15.9 Å². The van der Waals surface area contributed by atoms with Gasteiger partial charge in [-0.1, -0.05) is 119 Å². The summed E-state index contributed by atoms with van der Waals surface area (Å²) in [5, 5.41) is 0. The van der Waals surface area contributed by atoms with Crippen molar-refractivity contribution in [1.29, 1.82) is 0 Å². The van der Waals surface area contributed by atoms with Crippen LogP contribution in [0.2, 0.25) is 0 Å². The van der Waals surface area contributed by atoms with Gasteiger partial charge in [0, 0.05) is 18.0 Å². The van der Waals surface area contributed by atoms with Gasteiger partial charge in [-0.25, -0.2) is 0 Å².